The molecule has 0 aliphatic carbocycles. The van der Waals surface area contributed by atoms with Crippen LogP contribution in [0.3, 0.4) is 0 Å². The second kappa shape index (κ2) is 27.9. The van der Waals surface area contributed by atoms with E-state index >= 15 is 0 Å². The molecule has 4 aromatic rings. The molecule has 0 unspecified atom stereocenters. The Bertz CT molecular complexity index is 2280. The second-order valence-electron chi connectivity index (χ2n) is 16.1. The molecule has 0 saturated heterocycles. The van der Waals surface area contributed by atoms with Crippen molar-refractivity contribution >= 4 is 69.3 Å². The maximum Gasteiger partial charge on any atom is 1.00 e. The summed E-state index contributed by atoms with van der Waals surface area (Å²) in [7, 11) is 0. The fraction of sp³-hybridized carbons (Fsp3) is 0.283. The first-order valence-corrected chi connectivity index (χ1v) is 20.3. The molecule has 0 fully saturated rings. The number of nitrogens with zero attached hydrogens (tertiary/aromatic N) is 2. The number of carbonyl (C=O) groups is 9. The van der Waals surface area contributed by atoms with E-state index in [9.17, 15) is 38.4 Å². The average Bonchev–Trinajstić information content (AvgIpc) is 3.62. The number of hydrogen-bond acceptors (Lipinski definition) is 13. The number of amides is 5. The van der Waals surface area contributed by atoms with Crippen LogP contribution in [0.4, 0.5) is 0 Å². The van der Waals surface area contributed by atoms with Crippen LogP contribution >= 0.6 is 15.9 Å². The predicted molar refractivity (Wildman–Crippen MR) is 231 cm³/mol. The number of aromatic hydroxyl groups is 1. The van der Waals surface area contributed by atoms with Gasteiger partial charge >= 0.3 is 103 Å². The van der Waals surface area contributed by atoms with Gasteiger partial charge in [-0.05, 0) is 99.0 Å². The molecule has 0 radical (unpaired) electrons. The van der Waals surface area contributed by atoms with Gasteiger partial charge < -0.3 is 26.7 Å². The van der Waals surface area contributed by atoms with Crippen molar-refractivity contribution in [3.05, 3.63) is 130 Å². The topological polar surface area (TPSA) is 234 Å². The van der Waals surface area contributed by atoms with E-state index in [1.807, 2.05) is 41.5 Å². The summed E-state index contributed by atoms with van der Waals surface area (Å²) in [6.07, 6.45) is 0.436. The molecule has 2 N–H and O–H groups in total. The molecule has 0 bridgehead atoms. The Hall–Kier alpha value is -3.58. The summed E-state index contributed by atoms with van der Waals surface area (Å²) in [5, 5.41) is 20.4. The summed E-state index contributed by atoms with van der Waals surface area (Å²) >= 11 is 3.00. The van der Waals surface area contributed by atoms with E-state index in [0.29, 0.717) is 45.6 Å². The van der Waals surface area contributed by atoms with E-state index in [1.165, 1.54) is 12.1 Å². The molecule has 334 valence electrons. The Balaban J connectivity index is 0.000000972. The molecule has 6 rings (SSSR count). The van der Waals surface area contributed by atoms with Gasteiger partial charge in [-0.2, -0.15) is 0 Å². The second-order valence-corrected chi connectivity index (χ2v) is 16.7. The molecule has 2 heterocycles. The fourth-order valence-electron chi connectivity index (χ4n) is 5.72. The molecule has 65 heavy (non-hydrogen) atoms. The Morgan fingerprint density at radius 2 is 1.06 bits per heavy atom. The monoisotopic (exact) mass is 1010 g/mol. The van der Waals surface area contributed by atoms with E-state index in [-0.39, 0.29) is 170 Å². The van der Waals surface area contributed by atoms with Gasteiger partial charge in [0.1, 0.15) is 18.1 Å². The molecule has 5 amide bonds. The van der Waals surface area contributed by atoms with Crippen molar-refractivity contribution in [3.63, 3.8) is 0 Å². The third-order valence-corrected chi connectivity index (χ3v) is 9.12. The van der Waals surface area contributed by atoms with Crippen LogP contribution in [0.2, 0.25) is 0 Å². The first-order chi connectivity index (χ1) is 29.6. The van der Waals surface area contributed by atoms with Crippen LogP contribution in [-0.2, 0) is 19.3 Å². The number of alkyl halides is 1. The number of hydrogen-bond donors (Lipinski definition) is 2. The Morgan fingerprint density at radius 3 is 1.42 bits per heavy atom. The Kier molecular flexibility index (Phi) is 25.5. The zero-order valence-corrected chi connectivity index (χ0v) is 45.3. The van der Waals surface area contributed by atoms with Crippen molar-refractivity contribution < 1.29 is 167 Å². The molecule has 2 aliphatic heterocycles. The number of carbonyl (C=O) groups excluding carboxylic acids is 9. The summed E-state index contributed by atoms with van der Waals surface area (Å²) in [5.74, 6) is -1.80. The van der Waals surface area contributed by atoms with E-state index < -0.39 is 29.4 Å². The zero-order chi connectivity index (χ0) is 47.1. The molecule has 0 saturated carbocycles. The van der Waals surface area contributed by atoms with Crippen LogP contribution in [0.15, 0.2) is 97.1 Å². The van der Waals surface area contributed by atoms with Gasteiger partial charge in [-0.3, -0.25) is 53.0 Å². The van der Waals surface area contributed by atoms with Gasteiger partial charge in [-0.25, -0.2) is 0 Å². The van der Waals surface area contributed by atoms with Crippen molar-refractivity contribution in [2.45, 2.75) is 53.5 Å². The van der Waals surface area contributed by atoms with Crippen LogP contribution in [0.5, 0.6) is 11.5 Å². The van der Waals surface area contributed by atoms with Crippen molar-refractivity contribution in [1.29, 1.82) is 0 Å². The minimum atomic E-state index is -0.472. The van der Waals surface area contributed by atoms with Crippen molar-refractivity contribution in [3.8, 4) is 11.5 Å². The van der Waals surface area contributed by atoms with Gasteiger partial charge in [-0.15, -0.1) is 0 Å². The molecular weight excluding hydrogens is 961 g/mol. The maximum atomic E-state index is 12.3. The first-order valence-electron chi connectivity index (χ1n) is 19.2. The van der Waals surface area contributed by atoms with E-state index in [2.05, 4.69) is 26.1 Å². The smallest absolute Gasteiger partial charge is 1.00 e. The summed E-state index contributed by atoms with van der Waals surface area (Å²) in [4.78, 5) is 109. The summed E-state index contributed by atoms with van der Waals surface area (Å²) in [6, 6.07) is 25.8. The van der Waals surface area contributed by atoms with Crippen molar-refractivity contribution in [1.82, 2.24) is 15.1 Å². The van der Waals surface area contributed by atoms with Crippen molar-refractivity contribution in [2.24, 2.45) is 5.41 Å². The van der Waals surface area contributed by atoms with Crippen LogP contribution in [0.1, 0.15) is 112 Å². The molecule has 19 heteroatoms. The van der Waals surface area contributed by atoms with Crippen LogP contribution in [0, 0.1) is 5.41 Å². The molecule has 2 aliphatic rings. The summed E-state index contributed by atoms with van der Waals surface area (Å²) in [5.41, 5.74) is 2.16. The third-order valence-electron chi connectivity index (χ3n) is 8.50. The predicted octanol–water partition coefficient (Wildman–Crippen LogP) is -0.728. The quantitative estimate of drug-likeness (QED) is 0.0340. The molecule has 4 aromatic carbocycles. The Labute approximate surface area is 471 Å². The van der Waals surface area contributed by atoms with Gasteiger partial charge in [-0.1, -0.05) is 61.0 Å². The van der Waals surface area contributed by atoms with Crippen molar-refractivity contribution in [2.75, 3.05) is 25.0 Å². The third kappa shape index (κ3) is 18.9. The Morgan fingerprint density at radius 1 is 0.677 bits per heavy atom. The SMILES string of the molecule is CC(C)(C)CC(=O)c1ccc(OCC(=O)CN2C(=O)c3ccccc3C2=O)cc1.CC(C)(C)NC(=O)c1ccc(O)cc1.O=C(CBr)CN1C(=O)c2ccccc2C1=O.O=CO[O-].[H-].[K+].[K+]. The number of nitrogens with one attached hydrogen (secondary N) is 1. The molecule has 0 spiro atoms. The number of phenols is 1. The standard InChI is InChI=1S/C23H23NO5.C11H8BrNO3.C11H15NO2.CH2O3.2K.H/c1-23(2,3)12-20(26)15-8-10-17(11-9-15)29-14-16(25)13-24-21(27)18-6-4-5-7-19(18)22(24)28;12-5-7(14)6-13-10(15)8-3-1-2-4-9(8)11(13)16;1-11(2,3)12-10(14)8-4-6-9(13)7-5-8;2-1-4-3;;;/h4-11H,12-14H2,1-3H3;1-4H,5-6H2;4-7,13H,1-3H3,(H,12,14);1,3H;;;/q;;;;2*+1;-1/p-1. The number of halogens is 1. The zero-order valence-electron chi connectivity index (χ0n) is 38.5. The van der Waals surface area contributed by atoms with Crippen LogP contribution in [-0.4, -0.2) is 98.8 Å². The van der Waals surface area contributed by atoms with Gasteiger partial charge in [0, 0.05) is 23.1 Å². The minimum absolute atomic E-state index is 0. The van der Waals surface area contributed by atoms with Gasteiger partial charge in [0.25, 0.3) is 36.0 Å². The number of ketones is 3. The van der Waals surface area contributed by atoms with Gasteiger partial charge in [0.15, 0.2) is 17.3 Å². The van der Waals surface area contributed by atoms with E-state index in [1.54, 1.807) is 84.9 Å². The fourth-order valence-corrected chi connectivity index (χ4v) is 5.89. The number of phenolic OH excluding ortho intramolecular Hbond substituents is 1. The number of imide groups is 2. The first kappa shape index (κ1) is 59.4. The maximum absolute atomic E-state index is 12.3. The largest absolute Gasteiger partial charge is 1.00 e. The van der Waals surface area contributed by atoms with Gasteiger partial charge in [0.2, 0.25) is 0 Å². The summed E-state index contributed by atoms with van der Waals surface area (Å²) in [6.45, 7) is 10.8. The average molecular weight is 1010 g/mol. The van der Waals surface area contributed by atoms with Gasteiger partial charge in [0.05, 0.1) is 40.7 Å². The van der Waals surface area contributed by atoms with E-state index in [4.69, 9.17) is 19.9 Å². The number of fused-ring (bicyclic) bond motifs is 2. The molecule has 0 atom stereocenters. The summed E-state index contributed by atoms with van der Waals surface area (Å²) < 4.78 is 5.45. The number of Topliss-reactive ketones (excluding diaryl/α,β-unsaturated/α-hetero) is 3. The number of ether oxygens (including phenoxy) is 1. The number of rotatable bonds is 12. The molecule has 0 aromatic heterocycles. The molecular formula is C46H48BrK2N3O13. The minimum Gasteiger partial charge on any atom is -1.00 e. The van der Waals surface area contributed by atoms with E-state index in [0.717, 1.165) is 9.80 Å². The molecule has 16 nitrogen and oxygen atoms in total. The van der Waals surface area contributed by atoms with Crippen LogP contribution in [0.25, 0.3) is 0 Å². The normalized spacial score (nSPS) is 12.2. The number of benzene rings is 4. The van der Waals surface area contributed by atoms with Crippen LogP contribution < -0.4 is 118 Å².